The van der Waals surface area contributed by atoms with E-state index in [1.807, 2.05) is 18.2 Å². The van der Waals surface area contributed by atoms with Gasteiger partial charge in [-0.3, -0.25) is 0 Å². The number of methoxy groups -OCH3 is 1. The van der Waals surface area contributed by atoms with E-state index in [-0.39, 0.29) is 5.97 Å². The number of carbonyl (C=O) groups excluding carboxylic acids is 1. The zero-order valence-electron chi connectivity index (χ0n) is 8.14. The molecule has 4 heteroatoms. The van der Waals surface area contributed by atoms with Crippen molar-refractivity contribution in [3.05, 3.63) is 35.3 Å². The van der Waals surface area contributed by atoms with Crippen molar-refractivity contribution in [2.24, 2.45) is 0 Å². The minimum absolute atomic E-state index is 0.348. The molecule has 0 spiro atoms. The predicted octanol–water partition coefficient (Wildman–Crippen LogP) is 2.48. The van der Waals surface area contributed by atoms with Crippen molar-refractivity contribution in [2.45, 2.75) is 0 Å². The quantitative estimate of drug-likeness (QED) is 0.575. The van der Waals surface area contributed by atoms with Gasteiger partial charge in [-0.2, -0.15) is 0 Å². The molecule has 3 nitrogen and oxygen atoms in total. The second kappa shape index (κ2) is 4.23. The Morgan fingerprint density at radius 1 is 1.53 bits per heavy atom. The molecule has 1 heterocycles. The molecule has 15 heavy (non-hydrogen) atoms. The molecular formula is C11H9NO2S. The van der Waals surface area contributed by atoms with Crippen LogP contribution in [0.2, 0.25) is 0 Å². The molecule has 0 unspecified atom stereocenters. The summed E-state index contributed by atoms with van der Waals surface area (Å²) in [5, 5.41) is 0. The zero-order chi connectivity index (χ0) is 10.7. The number of aromatic nitrogens is 1. The molecule has 0 atom stereocenters. The van der Waals surface area contributed by atoms with Crippen LogP contribution >= 0.6 is 11.3 Å². The largest absolute Gasteiger partial charge is 0.466 e. The van der Waals surface area contributed by atoms with Gasteiger partial charge >= 0.3 is 5.97 Å². The third kappa shape index (κ3) is 2.22. The fraction of sp³-hybridized carbons (Fsp3) is 0.0909. The van der Waals surface area contributed by atoms with Gasteiger partial charge in [-0.15, -0.1) is 11.3 Å². The number of esters is 1. The van der Waals surface area contributed by atoms with E-state index in [9.17, 15) is 4.79 Å². The summed E-state index contributed by atoms with van der Waals surface area (Å²) in [6.45, 7) is 0. The Bertz CT molecular complexity index is 516. The highest BCUT2D eigenvalue weighted by Gasteiger charge is 1.97. The summed E-state index contributed by atoms with van der Waals surface area (Å²) in [6.07, 6.45) is 3.13. The first kappa shape index (κ1) is 9.86. The Labute approximate surface area is 91.0 Å². The van der Waals surface area contributed by atoms with Gasteiger partial charge in [0.2, 0.25) is 0 Å². The van der Waals surface area contributed by atoms with Gasteiger partial charge in [-0.1, -0.05) is 6.07 Å². The Morgan fingerprint density at radius 2 is 2.40 bits per heavy atom. The summed E-state index contributed by atoms with van der Waals surface area (Å²) in [5.74, 6) is -0.348. The second-order valence-electron chi connectivity index (χ2n) is 2.94. The number of hydrogen-bond acceptors (Lipinski definition) is 4. The predicted molar refractivity (Wildman–Crippen MR) is 60.7 cm³/mol. The molecule has 0 amide bonds. The van der Waals surface area contributed by atoms with Crippen molar-refractivity contribution in [3.63, 3.8) is 0 Å². The average Bonchev–Trinajstić information content (AvgIpc) is 2.72. The van der Waals surface area contributed by atoms with Crippen LogP contribution in [-0.2, 0) is 9.53 Å². The summed E-state index contributed by atoms with van der Waals surface area (Å²) in [5.41, 5.74) is 3.76. The molecule has 0 fully saturated rings. The smallest absolute Gasteiger partial charge is 0.330 e. The van der Waals surface area contributed by atoms with Gasteiger partial charge in [0.05, 0.1) is 22.8 Å². The van der Waals surface area contributed by atoms with Crippen LogP contribution in [0.5, 0.6) is 0 Å². The van der Waals surface area contributed by atoms with Crippen LogP contribution < -0.4 is 0 Å². The molecule has 0 saturated carbocycles. The van der Waals surface area contributed by atoms with Gasteiger partial charge < -0.3 is 4.74 Å². The van der Waals surface area contributed by atoms with Crippen LogP contribution in [0.25, 0.3) is 16.3 Å². The fourth-order valence-electron chi connectivity index (χ4n) is 1.21. The van der Waals surface area contributed by atoms with Crippen molar-refractivity contribution in [1.29, 1.82) is 0 Å². The van der Waals surface area contributed by atoms with Crippen molar-refractivity contribution in [1.82, 2.24) is 4.98 Å². The average molecular weight is 219 g/mol. The van der Waals surface area contributed by atoms with Crippen molar-refractivity contribution < 1.29 is 9.53 Å². The third-order valence-corrected chi connectivity index (χ3v) is 2.76. The van der Waals surface area contributed by atoms with Gasteiger partial charge in [0.15, 0.2) is 0 Å². The molecule has 0 N–H and O–H groups in total. The maximum atomic E-state index is 10.9. The van der Waals surface area contributed by atoms with E-state index >= 15 is 0 Å². The van der Waals surface area contributed by atoms with E-state index in [4.69, 9.17) is 0 Å². The number of carbonyl (C=O) groups is 1. The number of fused-ring (bicyclic) bond motifs is 1. The first-order valence-electron chi connectivity index (χ1n) is 4.39. The van der Waals surface area contributed by atoms with E-state index in [0.29, 0.717) is 0 Å². The normalized spacial score (nSPS) is 11.0. The van der Waals surface area contributed by atoms with Crippen molar-refractivity contribution >= 4 is 33.6 Å². The SMILES string of the molecule is COC(=O)C=Cc1ccc2ncsc2c1. The molecule has 1 aromatic heterocycles. The highest BCUT2D eigenvalue weighted by molar-refractivity contribution is 7.16. The van der Waals surface area contributed by atoms with E-state index in [1.54, 1.807) is 22.9 Å². The fourth-order valence-corrected chi connectivity index (χ4v) is 1.93. The lowest BCUT2D eigenvalue weighted by Crippen LogP contribution is -1.93. The Balaban J connectivity index is 2.28. The molecule has 76 valence electrons. The Hall–Kier alpha value is -1.68. The number of thiazole rings is 1. The first-order chi connectivity index (χ1) is 7.29. The van der Waals surface area contributed by atoms with Crippen LogP contribution in [0.1, 0.15) is 5.56 Å². The highest BCUT2D eigenvalue weighted by Crippen LogP contribution is 2.19. The van der Waals surface area contributed by atoms with Gasteiger partial charge in [0.1, 0.15) is 0 Å². The monoisotopic (exact) mass is 219 g/mol. The van der Waals surface area contributed by atoms with Gasteiger partial charge in [-0.25, -0.2) is 9.78 Å². The summed E-state index contributed by atoms with van der Waals surface area (Å²) in [6, 6.07) is 5.84. The summed E-state index contributed by atoms with van der Waals surface area (Å²) in [7, 11) is 1.36. The van der Waals surface area contributed by atoms with Crippen molar-refractivity contribution in [2.75, 3.05) is 7.11 Å². The Morgan fingerprint density at radius 3 is 3.20 bits per heavy atom. The topological polar surface area (TPSA) is 39.2 Å². The Kier molecular flexibility index (Phi) is 2.78. The highest BCUT2D eigenvalue weighted by atomic mass is 32.1. The number of benzene rings is 1. The number of hydrogen-bond donors (Lipinski definition) is 0. The number of rotatable bonds is 2. The van der Waals surface area contributed by atoms with Crippen molar-refractivity contribution in [3.8, 4) is 0 Å². The molecule has 0 radical (unpaired) electrons. The van der Waals surface area contributed by atoms with Gasteiger partial charge in [-0.05, 0) is 23.8 Å². The maximum Gasteiger partial charge on any atom is 0.330 e. The lowest BCUT2D eigenvalue weighted by atomic mass is 10.2. The minimum atomic E-state index is -0.348. The van der Waals surface area contributed by atoms with Gasteiger partial charge in [0.25, 0.3) is 0 Å². The maximum absolute atomic E-state index is 10.9. The van der Waals surface area contributed by atoms with Crippen LogP contribution in [0.3, 0.4) is 0 Å². The lowest BCUT2D eigenvalue weighted by Gasteiger charge is -1.93. The number of ether oxygens (including phenoxy) is 1. The number of nitrogens with zero attached hydrogens (tertiary/aromatic N) is 1. The molecule has 0 aliphatic carbocycles. The summed E-state index contributed by atoms with van der Waals surface area (Å²) in [4.78, 5) is 15.1. The molecule has 0 aliphatic heterocycles. The first-order valence-corrected chi connectivity index (χ1v) is 5.27. The third-order valence-electron chi connectivity index (χ3n) is 1.97. The van der Waals surface area contributed by atoms with Gasteiger partial charge in [0, 0.05) is 6.08 Å². The molecule has 0 bridgehead atoms. The molecule has 2 aromatic rings. The molecule has 2 rings (SSSR count). The van der Waals surface area contributed by atoms with E-state index in [0.717, 1.165) is 15.8 Å². The minimum Gasteiger partial charge on any atom is -0.466 e. The van der Waals surface area contributed by atoms with E-state index in [2.05, 4.69) is 9.72 Å². The molecular weight excluding hydrogens is 210 g/mol. The molecule has 0 aliphatic rings. The molecule has 0 saturated heterocycles. The van der Waals surface area contributed by atoms with Crippen LogP contribution in [-0.4, -0.2) is 18.1 Å². The summed E-state index contributed by atoms with van der Waals surface area (Å²) < 4.78 is 5.62. The summed E-state index contributed by atoms with van der Waals surface area (Å²) >= 11 is 1.58. The van der Waals surface area contributed by atoms with E-state index < -0.39 is 0 Å². The zero-order valence-corrected chi connectivity index (χ0v) is 8.95. The second-order valence-corrected chi connectivity index (χ2v) is 3.82. The van der Waals surface area contributed by atoms with Crippen LogP contribution in [0.4, 0.5) is 0 Å². The van der Waals surface area contributed by atoms with Crippen LogP contribution in [0.15, 0.2) is 29.8 Å². The lowest BCUT2D eigenvalue weighted by molar-refractivity contribution is -0.134. The van der Waals surface area contributed by atoms with Crippen LogP contribution in [0, 0.1) is 0 Å². The van der Waals surface area contributed by atoms with E-state index in [1.165, 1.54) is 13.2 Å². The standard InChI is InChI=1S/C11H9NO2S/c1-14-11(13)5-3-8-2-4-9-10(6-8)15-7-12-9/h2-7H,1H3. The molecule has 1 aromatic carbocycles.